The minimum atomic E-state index is 0.133. The fraction of sp³-hybridized carbons (Fsp3) is 0.389. The first kappa shape index (κ1) is 15.6. The summed E-state index contributed by atoms with van der Waals surface area (Å²) in [5.74, 6) is 2.68. The zero-order valence-electron chi connectivity index (χ0n) is 13.7. The summed E-state index contributed by atoms with van der Waals surface area (Å²) in [5.41, 5.74) is 0.983. The lowest BCUT2D eigenvalue weighted by atomic mass is 10.2. The number of pyridine rings is 1. The van der Waals surface area contributed by atoms with Gasteiger partial charge in [0, 0.05) is 22.3 Å². The van der Waals surface area contributed by atoms with Crippen molar-refractivity contribution in [2.75, 3.05) is 11.4 Å². The summed E-state index contributed by atoms with van der Waals surface area (Å²) in [5, 5.41) is 5.34. The fourth-order valence-corrected chi connectivity index (χ4v) is 3.66. The summed E-state index contributed by atoms with van der Waals surface area (Å²) in [6.45, 7) is 5.08. The molecule has 1 saturated heterocycles. The van der Waals surface area contributed by atoms with E-state index >= 15 is 0 Å². The first-order valence-corrected chi connectivity index (χ1v) is 9.08. The van der Waals surface area contributed by atoms with E-state index in [0.717, 1.165) is 46.4 Å². The second kappa shape index (κ2) is 6.16. The third kappa shape index (κ3) is 2.69. The molecular weight excluding hydrogens is 368 g/mol. The van der Waals surface area contributed by atoms with Gasteiger partial charge in [-0.1, -0.05) is 31.1 Å². The zero-order valence-corrected chi connectivity index (χ0v) is 15.3. The first-order chi connectivity index (χ1) is 11.6. The Bertz CT molecular complexity index is 876. The van der Waals surface area contributed by atoms with Gasteiger partial charge in [-0.15, -0.1) is 0 Å². The van der Waals surface area contributed by atoms with Crippen LogP contribution in [0, 0.1) is 0 Å². The van der Waals surface area contributed by atoms with E-state index in [9.17, 15) is 0 Å². The molecule has 0 saturated carbocycles. The molecule has 0 N–H and O–H groups in total. The number of anilines is 1. The molecule has 124 valence electrons. The lowest BCUT2D eigenvalue weighted by Gasteiger charge is -2.23. The highest BCUT2D eigenvalue weighted by Crippen LogP contribution is 2.35. The maximum absolute atomic E-state index is 5.40. The average Bonchev–Trinajstić information content (AvgIpc) is 3.24. The molecule has 5 nitrogen and oxygen atoms in total. The highest BCUT2D eigenvalue weighted by Gasteiger charge is 2.31. The van der Waals surface area contributed by atoms with Crippen LogP contribution in [0.25, 0.3) is 10.9 Å². The lowest BCUT2D eigenvalue weighted by molar-refractivity contribution is 0.358. The van der Waals surface area contributed by atoms with Crippen LogP contribution >= 0.6 is 15.9 Å². The molecule has 3 aromatic rings. The number of rotatable bonds is 3. The number of nitrogens with zero attached hydrogens (tertiary/aromatic N) is 4. The Morgan fingerprint density at radius 1 is 1.21 bits per heavy atom. The van der Waals surface area contributed by atoms with Crippen LogP contribution in [0.2, 0.25) is 0 Å². The average molecular weight is 387 g/mol. The van der Waals surface area contributed by atoms with Crippen LogP contribution in [0.4, 0.5) is 5.82 Å². The number of benzene rings is 1. The summed E-state index contributed by atoms with van der Waals surface area (Å²) in [4.78, 5) is 11.7. The Kier molecular flexibility index (Phi) is 4.00. The fourth-order valence-electron chi connectivity index (χ4n) is 3.19. The van der Waals surface area contributed by atoms with Crippen molar-refractivity contribution < 1.29 is 4.52 Å². The predicted octanol–water partition coefficient (Wildman–Crippen LogP) is 4.85. The van der Waals surface area contributed by atoms with Gasteiger partial charge in [0.1, 0.15) is 5.82 Å². The Morgan fingerprint density at radius 3 is 2.88 bits per heavy atom. The van der Waals surface area contributed by atoms with Gasteiger partial charge in [0.15, 0.2) is 5.82 Å². The summed E-state index contributed by atoms with van der Waals surface area (Å²) in [6.07, 6.45) is 2.12. The van der Waals surface area contributed by atoms with E-state index in [0.29, 0.717) is 5.89 Å². The summed E-state index contributed by atoms with van der Waals surface area (Å²) in [6, 6.07) is 10.5. The van der Waals surface area contributed by atoms with Crippen LogP contribution in [-0.4, -0.2) is 21.7 Å². The molecule has 0 radical (unpaired) electrons. The minimum Gasteiger partial charge on any atom is -0.346 e. The van der Waals surface area contributed by atoms with Crippen molar-refractivity contribution in [3.05, 3.63) is 46.5 Å². The molecule has 1 unspecified atom stereocenters. The van der Waals surface area contributed by atoms with E-state index < -0.39 is 0 Å². The molecule has 6 heteroatoms. The molecule has 1 fully saturated rings. The lowest BCUT2D eigenvalue weighted by Crippen LogP contribution is -2.24. The monoisotopic (exact) mass is 386 g/mol. The highest BCUT2D eigenvalue weighted by molar-refractivity contribution is 9.10. The number of aromatic nitrogens is 3. The molecular formula is C18H19BrN4O. The number of fused-ring (bicyclic) bond motifs is 1. The van der Waals surface area contributed by atoms with Gasteiger partial charge in [-0.05, 0) is 47.0 Å². The van der Waals surface area contributed by atoms with Gasteiger partial charge in [0.25, 0.3) is 0 Å². The Balaban J connectivity index is 1.70. The zero-order chi connectivity index (χ0) is 16.7. The Morgan fingerprint density at radius 2 is 2.08 bits per heavy atom. The van der Waals surface area contributed by atoms with Crippen molar-refractivity contribution in [3.63, 3.8) is 0 Å². The topological polar surface area (TPSA) is 55.1 Å². The van der Waals surface area contributed by atoms with Crippen molar-refractivity contribution in [1.29, 1.82) is 0 Å². The van der Waals surface area contributed by atoms with E-state index in [2.05, 4.69) is 63.0 Å². The molecule has 1 aliphatic heterocycles. The minimum absolute atomic E-state index is 0.133. The van der Waals surface area contributed by atoms with Gasteiger partial charge in [-0.25, -0.2) is 4.98 Å². The van der Waals surface area contributed by atoms with Gasteiger partial charge in [-0.3, -0.25) is 0 Å². The van der Waals surface area contributed by atoms with Crippen molar-refractivity contribution in [2.24, 2.45) is 0 Å². The van der Waals surface area contributed by atoms with Crippen molar-refractivity contribution in [3.8, 4) is 0 Å². The van der Waals surface area contributed by atoms with Crippen molar-refractivity contribution in [2.45, 2.75) is 38.6 Å². The van der Waals surface area contributed by atoms with Gasteiger partial charge in [0.05, 0.1) is 11.6 Å². The van der Waals surface area contributed by atoms with Gasteiger partial charge in [0.2, 0.25) is 5.89 Å². The SMILES string of the molecule is CC(C)c1nc(C2CCCN2c2ccc3cccc(Br)c3n2)no1. The second-order valence-corrected chi connectivity index (χ2v) is 7.33. The van der Waals surface area contributed by atoms with E-state index in [1.54, 1.807) is 0 Å². The van der Waals surface area contributed by atoms with E-state index in [-0.39, 0.29) is 12.0 Å². The van der Waals surface area contributed by atoms with E-state index in [1.807, 2.05) is 12.1 Å². The van der Waals surface area contributed by atoms with Gasteiger partial charge >= 0.3 is 0 Å². The first-order valence-electron chi connectivity index (χ1n) is 8.29. The molecule has 4 rings (SSSR count). The maximum Gasteiger partial charge on any atom is 0.229 e. The highest BCUT2D eigenvalue weighted by atomic mass is 79.9. The number of halogens is 1. The molecule has 24 heavy (non-hydrogen) atoms. The van der Waals surface area contributed by atoms with E-state index in [1.165, 1.54) is 0 Å². The summed E-state index contributed by atoms with van der Waals surface area (Å²) in [7, 11) is 0. The molecule has 1 aliphatic rings. The maximum atomic E-state index is 5.40. The van der Waals surface area contributed by atoms with Crippen molar-refractivity contribution >= 4 is 32.7 Å². The second-order valence-electron chi connectivity index (χ2n) is 6.48. The van der Waals surface area contributed by atoms with Gasteiger partial charge in [-0.2, -0.15) is 4.98 Å². The van der Waals surface area contributed by atoms with Crippen molar-refractivity contribution in [1.82, 2.24) is 15.1 Å². The number of hydrogen-bond donors (Lipinski definition) is 0. The summed E-state index contributed by atoms with van der Waals surface area (Å²) >= 11 is 3.60. The largest absolute Gasteiger partial charge is 0.346 e. The normalized spacial score (nSPS) is 18.0. The Hall–Kier alpha value is -1.95. The van der Waals surface area contributed by atoms with Crippen LogP contribution < -0.4 is 4.90 Å². The third-order valence-corrected chi connectivity index (χ3v) is 5.09. The Labute approximate surface area is 149 Å². The van der Waals surface area contributed by atoms with Crippen LogP contribution in [-0.2, 0) is 0 Å². The molecule has 1 aromatic carbocycles. The molecule has 3 heterocycles. The van der Waals surface area contributed by atoms with Crippen LogP contribution in [0.1, 0.15) is 50.4 Å². The molecule has 2 aromatic heterocycles. The van der Waals surface area contributed by atoms with Gasteiger partial charge < -0.3 is 9.42 Å². The molecule has 0 aliphatic carbocycles. The smallest absolute Gasteiger partial charge is 0.229 e. The van der Waals surface area contributed by atoms with Crippen LogP contribution in [0.15, 0.2) is 39.3 Å². The molecule has 1 atom stereocenters. The number of para-hydroxylation sites is 1. The quantitative estimate of drug-likeness (QED) is 0.643. The summed E-state index contributed by atoms with van der Waals surface area (Å²) < 4.78 is 6.41. The van der Waals surface area contributed by atoms with Crippen LogP contribution in [0.5, 0.6) is 0 Å². The number of hydrogen-bond acceptors (Lipinski definition) is 5. The third-order valence-electron chi connectivity index (χ3n) is 4.45. The van der Waals surface area contributed by atoms with Crippen LogP contribution in [0.3, 0.4) is 0 Å². The molecule has 0 bridgehead atoms. The van der Waals surface area contributed by atoms with E-state index in [4.69, 9.17) is 9.51 Å². The molecule has 0 amide bonds. The molecule has 0 spiro atoms. The predicted molar refractivity (Wildman–Crippen MR) is 97.2 cm³/mol. The standard InChI is InChI=1S/C18H19BrN4O/c1-11(2)18-21-17(22-24-18)14-7-4-10-23(14)15-9-8-12-5-3-6-13(19)16(12)20-15/h3,5-6,8-9,11,14H,4,7,10H2,1-2H3.